The maximum atomic E-state index is 10.5. The largest absolute Gasteiger partial charge is 0.281 e. The summed E-state index contributed by atoms with van der Waals surface area (Å²) in [7, 11) is 0. The highest BCUT2D eigenvalue weighted by molar-refractivity contribution is 8.17. The van der Waals surface area contributed by atoms with Crippen LogP contribution >= 0.6 is 11.8 Å². The highest BCUT2D eigenvalue weighted by atomic mass is 32.2. The van der Waals surface area contributed by atoms with Crippen molar-refractivity contribution in [1.29, 1.82) is 5.26 Å². The number of carbonyl (C=O) groups is 1. The van der Waals surface area contributed by atoms with Crippen LogP contribution in [0.2, 0.25) is 0 Å². The van der Waals surface area contributed by atoms with Gasteiger partial charge in [0.05, 0.1) is 0 Å². The number of hydrogen-bond acceptors (Lipinski definition) is 3. The molecule has 0 aliphatic heterocycles. The number of thiocyanates is 1. The molecule has 0 heterocycles. The fourth-order valence-electron chi connectivity index (χ4n) is 0.293. The smallest absolute Gasteiger partial charge is 0.226 e. The van der Waals surface area contributed by atoms with Gasteiger partial charge in [-0.2, -0.15) is 5.26 Å². The van der Waals surface area contributed by atoms with Crippen LogP contribution < -0.4 is 0 Å². The van der Waals surface area contributed by atoms with Crippen LogP contribution in [0.1, 0.15) is 13.3 Å². The molecule has 0 aromatic rings. The van der Waals surface area contributed by atoms with E-state index in [1.165, 1.54) is 6.08 Å². The molecule has 0 aliphatic carbocycles. The zero-order valence-electron chi connectivity index (χ0n) is 5.13. The third-order valence-electron chi connectivity index (χ3n) is 0.636. The van der Waals surface area contributed by atoms with Crippen LogP contribution in [0.15, 0.2) is 12.2 Å². The molecule has 0 saturated carbocycles. The first-order chi connectivity index (χ1) is 4.31. The predicted octanol–water partition coefficient (Wildman–Crippen LogP) is 1.69. The molecule has 0 bridgehead atoms. The normalized spacial score (nSPS) is 9.33. The molecule has 0 N–H and O–H groups in total. The van der Waals surface area contributed by atoms with Crippen molar-refractivity contribution in [3.63, 3.8) is 0 Å². The Labute approximate surface area is 58.6 Å². The molecule has 0 aliphatic rings. The molecule has 3 heteroatoms. The average molecular weight is 141 g/mol. The first-order valence-electron chi connectivity index (χ1n) is 2.57. The maximum absolute atomic E-state index is 10.5. The summed E-state index contributed by atoms with van der Waals surface area (Å²) in [5, 5.41) is 9.49. The molecule has 0 amide bonds. The third-order valence-corrected chi connectivity index (χ3v) is 1.06. The molecule has 0 unspecified atom stereocenters. The molecule has 2 nitrogen and oxygen atoms in total. The Balaban J connectivity index is 3.53. The molecule has 9 heavy (non-hydrogen) atoms. The van der Waals surface area contributed by atoms with Gasteiger partial charge in [0, 0.05) is 11.8 Å². The quantitative estimate of drug-likeness (QED) is 0.434. The second-order valence-corrected chi connectivity index (χ2v) is 2.11. The Morgan fingerprint density at radius 1 is 1.89 bits per heavy atom. The number of hydrogen-bond donors (Lipinski definition) is 0. The average Bonchev–Trinajstić information content (AvgIpc) is 1.85. The van der Waals surface area contributed by atoms with Crippen molar-refractivity contribution in [3.8, 4) is 5.40 Å². The lowest BCUT2D eigenvalue weighted by Gasteiger charge is -1.78. The van der Waals surface area contributed by atoms with Gasteiger partial charge >= 0.3 is 0 Å². The van der Waals surface area contributed by atoms with E-state index in [0.29, 0.717) is 11.8 Å². The number of rotatable bonds is 2. The summed E-state index contributed by atoms with van der Waals surface area (Å²) in [6.45, 7) is 1.93. The highest BCUT2D eigenvalue weighted by Gasteiger charge is 1.91. The van der Waals surface area contributed by atoms with Gasteiger partial charge in [-0.05, 0) is 12.5 Å². The first kappa shape index (κ1) is 8.25. The van der Waals surface area contributed by atoms with Gasteiger partial charge in [0.15, 0.2) is 0 Å². The van der Waals surface area contributed by atoms with Crippen LogP contribution in [-0.4, -0.2) is 5.12 Å². The molecular formula is C6H7NOS. The summed E-state index contributed by atoms with van der Waals surface area (Å²) in [4.78, 5) is 10.5. The summed E-state index contributed by atoms with van der Waals surface area (Å²) in [5.74, 6) is 0. The molecule has 0 aromatic carbocycles. The highest BCUT2D eigenvalue weighted by Crippen LogP contribution is 1.98. The third kappa shape index (κ3) is 5.12. The SMILES string of the molecule is CC/C=C/C(=O)SC#N. The Bertz CT molecular complexity index is 157. The van der Waals surface area contributed by atoms with Gasteiger partial charge in [0.25, 0.3) is 0 Å². The van der Waals surface area contributed by atoms with E-state index >= 15 is 0 Å². The van der Waals surface area contributed by atoms with Crippen molar-refractivity contribution in [2.45, 2.75) is 13.3 Å². The standard InChI is InChI=1S/C6H7NOS/c1-2-3-4-6(8)9-5-7/h3-4H,2H2,1H3/b4-3+. The number of allylic oxidation sites excluding steroid dienone is 1. The van der Waals surface area contributed by atoms with Gasteiger partial charge in [0.2, 0.25) is 5.12 Å². The van der Waals surface area contributed by atoms with Crippen LogP contribution in [0.3, 0.4) is 0 Å². The van der Waals surface area contributed by atoms with Crippen molar-refractivity contribution in [1.82, 2.24) is 0 Å². The van der Waals surface area contributed by atoms with Gasteiger partial charge in [0.1, 0.15) is 5.40 Å². The summed E-state index contributed by atoms with van der Waals surface area (Å²) < 4.78 is 0. The van der Waals surface area contributed by atoms with E-state index in [4.69, 9.17) is 5.26 Å². The number of nitriles is 1. The Morgan fingerprint density at radius 2 is 2.56 bits per heavy atom. The van der Waals surface area contributed by atoms with Gasteiger partial charge < -0.3 is 0 Å². The van der Waals surface area contributed by atoms with Crippen molar-refractivity contribution >= 4 is 16.9 Å². The molecule has 0 radical (unpaired) electrons. The molecule has 0 rings (SSSR count). The van der Waals surface area contributed by atoms with E-state index in [9.17, 15) is 4.79 Å². The molecular weight excluding hydrogens is 134 g/mol. The van der Waals surface area contributed by atoms with E-state index in [1.54, 1.807) is 11.5 Å². The fourth-order valence-corrected chi connectivity index (χ4v) is 0.547. The molecule has 0 saturated heterocycles. The lowest BCUT2D eigenvalue weighted by atomic mass is 10.4. The Hall–Kier alpha value is -0.750. The maximum Gasteiger partial charge on any atom is 0.226 e. The minimum atomic E-state index is -0.195. The minimum absolute atomic E-state index is 0.195. The van der Waals surface area contributed by atoms with Crippen molar-refractivity contribution in [3.05, 3.63) is 12.2 Å². The van der Waals surface area contributed by atoms with E-state index in [-0.39, 0.29) is 5.12 Å². The van der Waals surface area contributed by atoms with E-state index in [0.717, 1.165) is 6.42 Å². The lowest BCUT2D eigenvalue weighted by molar-refractivity contribution is -0.106. The Morgan fingerprint density at radius 3 is 3.00 bits per heavy atom. The first-order valence-corrected chi connectivity index (χ1v) is 3.39. The molecule has 0 spiro atoms. The van der Waals surface area contributed by atoms with Crippen molar-refractivity contribution < 1.29 is 4.79 Å². The summed E-state index contributed by atoms with van der Waals surface area (Å²) >= 11 is 0.651. The number of carbonyl (C=O) groups excluding carboxylic acids is 1. The van der Waals surface area contributed by atoms with Gasteiger partial charge in [-0.3, -0.25) is 4.79 Å². The van der Waals surface area contributed by atoms with Crippen LogP contribution in [0.5, 0.6) is 0 Å². The molecule has 48 valence electrons. The summed E-state index contributed by atoms with van der Waals surface area (Å²) in [6.07, 6.45) is 3.97. The van der Waals surface area contributed by atoms with Crippen molar-refractivity contribution in [2.75, 3.05) is 0 Å². The number of thioether (sulfide) groups is 1. The van der Waals surface area contributed by atoms with Crippen LogP contribution in [0.25, 0.3) is 0 Å². The van der Waals surface area contributed by atoms with Crippen LogP contribution in [-0.2, 0) is 4.79 Å². The van der Waals surface area contributed by atoms with Crippen LogP contribution in [0, 0.1) is 10.7 Å². The zero-order valence-corrected chi connectivity index (χ0v) is 5.94. The summed E-state index contributed by atoms with van der Waals surface area (Å²) in [6, 6.07) is 0. The molecule has 0 atom stereocenters. The second kappa shape index (κ2) is 5.39. The minimum Gasteiger partial charge on any atom is -0.281 e. The monoisotopic (exact) mass is 141 g/mol. The number of nitrogens with zero attached hydrogens (tertiary/aromatic N) is 1. The van der Waals surface area contributed by atoms with Crippen molar-refractivity contribution in [2.24, 2.45) is 0 Å². The fraction of sp³-hybridized carbons (Fsp3) is 0.333. The molecule has 0 fully saturated rings. The zero-order chi connectivity index (χ0) is 7.11. The Kier molecular flexibility index (Phi) is 4.94. The summed E-state index contributed by atoms with van der Waals surface area (Å²) in [5.41, 5.74) is 0. The molecule has 0 aromatic heterocycles. The van der Waals surface area contributed by atoms with E-state index in [1.807, 2.05) is 6.92 Å². The topological polar surface area (TPSA) is 40.9 Å². The van der Waals surface area contributed by atoms with E-state index in [2.05, 4.69) is 0 Å². The van der Waals surface area contributed by atoms with Gasteiger partial charge in [-0.15, -0.1) is 0 Å². The predicted molar refractivity (Wildman–Crippen MR) is 37.6 cm³/mol. The van der Waals surface area contributed by atoms with E-state index < -0.39 is 0 Å². The lowest BCUT2D eigenvalue weighted by Crippen LogP contribution is -1.79. The van der Waals surface area contributed by atoms with Gasteiger partial charge in [-0.1, -0.05) is 13.0 Å². The second-order valence-electron chi connectivity index (χ2n) is 1.32. The van der Waals surface area contributed by atoms with Crippen LogP contribution in [0.4, 0.5) is 0 Å². The van der Waals surface area contributed by atoms with Gasteiger partial charge in [-0.25, -0.2) is 0 Å².